The molecule has 0 saturated carbocycles. The molecule has 4 rings (SSSR count). The predicted molar refractivity (Wildman–Crippen MR) is 145 cm³/mol. The van der Waals surface area contributed by atoms with Gasteiger partial charge in [-0.2, -0.15) is 0 Å². The van der Waals surface area contributed by atoms with E-state index in [2.05, 4.69) is 19.2 Å². The van der Waals surface area contributed by atoms with Crippen molar-refractivity contribution < 1.29 is 9.00 Å². The molecule has 0 aliphatic rings. The molecule has 0 fully saturated rings. The molecule has 0 aliphatic heterocycles. The van der Waals surface area contributed by atoms with E-state index >= 15 is 0 Å². The topological polar surface area (TPSA) is 70.0 Å². The summed E-state index contributed by atoms with van der Waals surface area (Å²) in [4.78, 5) is 13.6. The summed E-state index contributed by atoms with van der Waals surface area (Å²) in [5, 5.41) is 5.09. The van der Waals surface area contributed by atoms with E-state index in [9.17, 15) is 9.00 Å². The molecule has 1 aromatic heterocycles. The molecule has 8 heteroatoms. The van der Waals surface area contributed by atoms with Gasteiger partial charge >= 0.3 is 0 Å². The van der Waals surface area contributed by atoms with E-state index in [1.165, 1.54) is 17.6 Å². The molecule has 1 amide bonds. The fraction of sp³-hybridized carbons (Fsp3) is 0.192. The first kappa shape index (κ1) is 24.7. The van der Waals surface area contributed by atoms with Crippen molar-refractivity contribution >= 4 is 65.9 Å². The molecule has 0 spiro atoms. The van der Waals surface area contributed by atoms with Crippen LogP contribution in [0.15, 0.2) is 66.7 Å². The van der Waals surface area contributed by atoms with Gasteiger partial charge in [0.1, 0.15) is 0 Å². The lowest BCUT2D eigenvalue weighted by molar-refractivity contribution is 0.103. The van der Waals surface area contributed by atoms with Crippen LogP contribution < -0.4 is 5.32 Å². The number of carbonyl (C=O) groups excluding carboxylic acids is 1. The average molecular weight is 532 g/mol. The molecule has 4 nitrogen and oxygen atoms in total. The maximum absolute atomic E-state index is 13.0. The molecule has 1 heterocycles. The number of amides is 1. The summed E-state index contributed by atoms with van der Waals surface area (Å²) < 4.78 is 20.5. The van der Waals surface area contributed by atoms with Gasteiger partial charge in [0, 0.05) is 41.8 Å². The van der Waals surface area contributed by atoms with E-state index in [1.54, 1.807) is 6.07 Å². The van der Waals surface area contributed by atoms with Crippen molar-refractivity contribution in [2.45, 2.75) is 25.0 Å². The lowest BCUT2D eigenvalue weighted by Gasteiger charge is -2.27. The monoisotopic (exact) mass is 530 g/mol. The first-order valence-electron chi connectivity index (χ1n) is 10.5. The molecule has 4 aromatic rings. The van der Waals surface area contributed by atoms with Crippen LogP contribution in [0.3, 0.4) is 0 Å². The van der Waals surface area contributed by atoms with Gasteiger partial charge in [-0.3, -0.25) is 9.57 Å². The van der Waals surface area contributed by atoms with Crippen molar-refractivity contribution in [2.24, 2.45) is 0 Å². The third kappa shape index (κ3) is 5.63. The minimum Gasteiger partial charge on any atom is -0.321 e. The van der Waals surface area contributed by atoms with Crippen molar-refractivity contribution in [1.29, 1.82) is 4.78 Å². The van der Waals surface area contributed by atoms with E-state index in [0.29, 0.717) is 20.6 Å². The van der Waals surface area contributed by atoms with Gasteiger partial charge in [-0.15, -0.1) is 11.3 Å². The second-order valence-corrected chi connectivity index (χ2v) is 13.2. The van der Waals surface area contributed by atoms with Gasteiger partial charge in [-0.1, -0.05) is 55.2 Å². The lowest BCUT2D eigenvalue weighted by atomic mass is 9.78. The highest BCUT2D eigenvalue weighted by Crippen LogP contribution is 2.36. The molecule has 34 heavy (non-hydrogen) atoms. The van der Waals surface area contributed by atoms with Crippen LogP contribution in [0, 0.1) is 4.78 Å². The summed E-state index contributed by atoms with van der Waals surface area (Å²) in [7, 11) is -2.63. The second kappa shape index (κ2) is 9.34. The molecule has 2 N–H and O–H groups in total. The van der Waals surface area contributed by atoms with Gasteiger partial charge in [0.05, 0.1) is 10.6 Å². The maximum Gasteiger partial charge on any atom is 0.265 e. The predicted octanol–water partition coefficient (Wildman–Crippen LogP) is 7.96. The van der Waals surface area contributed by atoms with Crippen LogP contribution in [-0.2, 0) is 20.9 Å². The van der Waals surface area contributed by atoms with Gasteiger partial charge in [0.15, 0.2) is 0 Å². The maximum atomic E-state index is 13.0. The van der Waals surface area contributed by atoms with Crippen LogP contribution in [0.4, 0.5) is 5.69 Å². The van der Waals surface area contributed by atoms with Crippen molar-refractivity contribution in [1.82, 2.24) is 0 Å². The van der Waals surface area contributed by atoms with E-state index < -0.39 is 9.73 Å². The van der Waals surface area contributed by atoms with Crippen molar-refractivity contribution in [3.8, 4) is 0 Å². The molecular weight excluding hydrogens is 507 g/mol. The third-order valence-electron chi connectivity index (χ3n) is 5.69. The fourth-order valence-electron chi connectivity index (χ4n) is 3.86. The van der Waals surface area contributed by atoms with Crippen LogP contribution in [-0.4, -0.2) is 16.4 Å². The molecule has 0 aliphatic carbocycles. The number of hydrogen-bond donors (Lipinski definition) is 2. The minimum atomic E-state index is -2.63. The number of benzene rings is 3. The largest absolute Gasteiger partial charge is 0.321 e. The molecule has 0 bridgehead atoms. The van der Waals surface area contributed by atoms with E-state index in [4.69, 9.17) is 28.0 Å². The second-order valence-electron chi connectivity index (χ2n) is 8.95. The Hall–Kier alpha value is -2.38. The molecule has 3 aromatic carbocycles. The van der Waals surface area contributed by atoms with E-state index in [-0.39, 0.29) is 17.1 Å². The highest BCUT2D eigenvalue weighted by molar-refractivity contribution is 7.90. The number of rotatable bonds is 6. The summed E-state index contributed by atoms with van der Waals surface area (Å²) in [5.41, 5.74) is 3.15. The van der Waals surface area contributed by atoms with Crippen molar-refractivity contribution in [2.75, 3.05) is 11.6 Å². The van der Waals surface area contributed by atoms with Crippen LogP contribution >= 0.6 is 34.5 Å². The molecule has 176 valence electrons. The summed E-state index contributed by atoms with van der Waals surface area (Å²) in [6, 6.07) is 20.8. The minimum absolute atomic E-state index is 0.189. The lowest BCUT2D eigenvalue weighted by Crippen LogP contribution is -2.19. The summed E-state index contributed by atoms with van der Waals surface area (Å²) in [6.45, 7) is 4.20. The molecule has 0 radical (unpaired) electrons. The Morgan fingerprint density at radius 1 is 0.971 bits per heavy atom. The zero-order chi connectivity index (χ0) is 24.7. The fourth-order valence-corrected chi connectivity index (χ4v) is 5.98. The van der Waals surface area contributed by atoms with Gasteiger partial charge in [0.25, 0.3) is 5.91 Å². The van der Waals surface area contributed by atoms with E-state index in [1.807, 2.05) is 60.7 Å². The highest BCUT2D eigenvalue weighted by atomic mass is 35.5. The normalized spacial score (nSPS) is 13.6. The standard InChI is InChI=1S/C26H24Cl2N2O2S2/c1-26(2,18-5-7-20(27)8-6-18)19-12-21(28)14-22(13-19)30-25(31)24-11-17-10-16(15-34(3,29)32)4-9-23(17)33-24/h4-14,29H,15H2,1-3H3,(H,30,31). The number of carbonyl (C=O) groups is 1. The Morgan fingerprint density at radius 3 is 2.35 bits per heavy atom. The third-order valence-corrected chi connectivity index (χ3v) is 8.16. The Morgan fingerprint density at radius 2 is 1.68 bits per heavy atom. The van der Waals surface area contributed by atoms with Crippen molar-refractivity contribution in [3.05, 3.63) is 98.3 Å². The van der Waals surface area contributed by atoms with Gasteiger partial charge in [0.2, 0.25) is 0 Å². The van der Waals surface area contributed by atoms with Gasteiger partial charge in [-0.05, 0) is 70.6 Å². The highest BCUT2D eigenvalue weighted by Gasteiger charge is 2.24. The average Bonchev–Trinajstić information content (AvgIpc) is 3.16. The van der Waals surface area contributed by atoms with Crippen LogP contribution in [0.2, 0.25) is 10.0 Å². The Balaban J connectivity index is 1.60. The Bertz CT molecular complexity index is 1490. The summed E-state index contributed by atoms with van der Waals surface area (Å²) in [5.74, 6) is -0.0327. The van der Waals surface area contributed by atoms with Crippen LogP contribution in [0.25, 0.3) is 10.1 Å². The number of anilines is 1. The smallest absolute Gasteiger partial charge is 0.265 e. The van der Waals surface area contributed by atoms with Crippen LogP contribution in [0.5, 0.6) is 0 Å². The first-order valence-corrected chi connectivity index (χ1v) is 14.2. The zero-order valence-corrected chi connectivity index (χ0v) is 22.1. The number of hydrogen-bond acceptors (Lipinski definition) is 4. The quantitative estimate of drug-likeness (QED) is 0.265. The summed E-state index contributed by atoms with van der Waals surface area (Å²) in [6.07, 6.45) is 1.43. The number of thiophene rings is 1. The van der Waals surface area contributed by atoms with Gasteiger partial charge < -0.3 is 5.32 Å². The zero-order valence-electron chi connectivity index (χ0n) is 18.9. The number of nitrogens with one attached hydrogen (secondary N) is 2. The molecular formula is C26H24Cl2N2O2S2. The Labute approximate surface area is 213 Å². The molecule has 1 unspecified atom stereocenters. The number of fused-ring (bicyclic) bond motifs is 1. The Kier molecular flexibility index (Phi) is 6.80. The first-order chi connectivity index (χ1) is 15.9. The number of halogens is 2. The van der Waals surface area contributed by atoms with Gasteiger partial charge in [-0.25, -0.2) is 4.21 Å². The SMILES string of the molecule is CC(C)(c1ccc(Cl)cc1)c1cc(Cl)cc(NC(=O)c2cc3cc(CS(C)(=N)=O)ccc3s2)c1. The van der Waals surface area contributed by atoms with Crippen molar-refractivity contribution in [3.63, 3.8) is 0 Å². The molecule has 1 atom stereocenters. The molecule has 0 saturated heterocycles. The van der Waals surface area contributed by atoms with E-state index in [0.717, 1.165) is 26.8 Å². The summed E-state index contributed by atoms with van der Waals surface area (Å²) >= 11 is 13.9. The van der Waals surface area contributed by atoms with Crippen LogP contribution in [0.1, 0.15) is 40.2 Å².